The number of carbonyl (C=O) groups is 2. The van der Waals surface area contributed by atoms with Crippen molar-refractivity contribution in [2.45, 2.75) is 96.8 Å². The zero-order valence-corrected chi connectivity index (χ0v) is 14.8. The van der Waals surface area contributed by atoms with E-state index in [4.69, 9.17) is 5.26 Å². The van der Waals surface area contributed by atoms with Gasteiger partial charge in [0.25, 0.3) is 0 Å². The summed E-state index contributed by atoms with van der Waals surface area (Å²) in [6.07, 6.45) is 14.5. The van der Waals surface area contributed by atoms with E-state index in [2.05, 4.69) is 17.1 Å². The van der Waals surface area contributed by atoms with Crippen molar-refractivity contribution in [1.29, 1.82) is 0 Å². The Morgan fingerprint density at radius 1 is 0.783 bits per heavy atom. The predicted octanol–water partition coefficient (Wildman–Crippen LogP) is 4.60. The Morgan fingerprint density at radius 2 is 1.30 bits per heavy atom. The van der Waals surface area contributed by atoms with Crippen LogP contribution in [0.1, 0.15) is 96.8 Å². The van der Waals surface area contributed by atoms with Crippen molar-refractivity contribution in [3.05, 3.63) is 0 Å². The molecule has 0 saturated carbocycles. The Hall–Kier alpha value is -1.10. The highest BCUT2D eigenvalue weighted by Crippen LogP contribution is 2.10. The number of hydrogen-bond donors (Lipinski definition) is 2. The Labute approximate surface area is 141 Å². The fourth-order valence-corrected chi connectivity index (χ4v) is 2.53. The first kappa shape index (κ1) is 21.9. The highest BCUT2D eigenvalue weighted by molar-refractivity contribution is 5.75. The molecule has 0 bridgehead atoms. The van der Waals surface area contributed by atoms with Gasteiger partial charge in [0.05, 0.1) is 0 Å². The molecule has 1 amide bonds. The second kappa shape index (κ2) is 17.3. The lowest BCUT2D eigenvalue weighted by Crippen LogP contribution is -2.24. The molecule has 0 spiro atoms. The second-order valence-corrected chi connectivity index (χ2v) is 6.20. The molecular weight excluding hydrogens is 294 g/mol. The SMILES string of the molecule is CCCCCCCCCCCC(=O)NCCCCCC(=O)OO. The molecule has 0 saturated heterocycles. The Kier molecular flexibility index (Phi) is 16.4. The molecule has 0 aromatic carbocycles. The molecular formula is C18H35NO4. The summed E-state index contributed by atoms with van der Waals surface area (Å²) in [5.74, 6) is -0.470. The first-order valence-electron chi connectivity index (χ1n) is 9.31. The molecule has 0 aliphatic carbocycles. The lowest BCUT2D eigenvalue weighted by Gasteiger charge is -2.05. The maximum atomic E-state index is 11.6. The van der Waals surface area contributed by atoms with E-state index < -0.39 is 5.97 Å². The summed E-state index contributed by atoms with van der Waals surface area (Å²) in [4.78, 5) is 25.9. The van der Waals surface area contributed by atoms with Crippen molar-refractivity contribution in [2.24, 2.45) is 0 Å². The highest BCUT2D eigenvalue weighted by Gasteiger charge is 2.02. The van der Waals surface area contributed by atoms with Gasteiger partial charge < -0.3 is 10.2 Å². The third-order valence-corrected chi connectivity index (χ3v) is 3.99. The monoisotopic (exact) mass is 329 g/mol. The molecule has 2 N–H and O–H groups in total. The highest BCUT2D eigenvalue weighted by atomic mass is 17.1. The summed E-state index contributed by atoms with van der Waals surface area (Å²) >= 11 is 0. The van der Waals surface area contributed by atoms with Gasteiger partial charge in [-0.25, -0.2) is 4.79 Å². The van der Waals surface area contributed by atoms with E-state index in [0.717, 1.165) is 25.7 Å². The van der Waals surface area contributed by atoms with Crippen LogP contribution in [0.4, 0.5) is 0 Å². The first-order valence-corrected chi connectivity index (χ1v) is 9.31. The third kappa shape index (κ3) is 17.1. The predicted molar refractivity (Wildman–Crippen MR) is 92.0 cm³/mol. The van der Waals surface area contributed by atoms with Crippen LogP contribution in [0.5, 0.6) is 0 Å². The van der Waals surface area contributed by atoms with E-state index in [-0.39, 0.29) is 12.3 Å². The van der Waals surface area contributed by atoms with Crippen LogP contribution in [0, 0.1) is 0 Å². The molecule has 0 fully saturated rings. The fourth-order valence-electron chi connectivity index (χ4n) is 2.53. The quantitative estimate of drug-likeness (QED) is 0.246. The van der Waals surface area contributed by atoms with Crippen LogP contribution < -0.4 is 5.32 Å². The number of nitrogens with one attached hydrogen (secondary N) is 1. The molecule has 0 atom stereocenters. The van der Waals surface area contributed by atoms with Gasteiger partial charge in [-0.2, -0.15) is 5.26 Å². The van der Waals surface area contributed by atoms with Gasteiger partial charge in [-0.05, 0) is 19.3 Å². The zero-order chi connectivity index (χ0) is 17.2. The minimum atomic E-state index is -0.598. The van der Waals surface area contributed by atoms with Crippen LogP contribution in [-0.4, -0.2) is 23.7 Å². The van der Waals surface area contributed by atoms with Crippen LogP contribution in [-0.2, 0) is 14.5 Å². The average Bonchev–Trinajstić information content (AvgIpc) is 2.56. The average molecular weight is 329 g/mol. The van der Waals surface area contributed by atoms with Gasteiger partial charge in [0.15, 0.2) is 0 Å². The molecule has 136 valence electrons. The van der Waals surface area contributed by atoms with Crippen molar-refractivity contribution in [3.8, 4) is 0 Å². The number of hydrogen-bond acceptors (Lipinski definition) is 4. The van der Waals surface area contributed by atoms with Crippen molar-refractivity contribution in [1.82, 2.24) is 5.32 Å². The molecule has 0 aliphatic heterocycles. The molecule has 0 unspecified atom stereocenters. The number of carbonyl (C=O) groups excluding carboxylic acids is 2. The second-order valence-electron chi connectivity index (χ2n) is 6.20. The van der Waals surface area contributed by atoms with Crippen LogP contribution in [0.25, 0.3) is 0 Å². The Balaban J connectivity index is 3.20. The molecule has 5 heteroatoms. The van der Waals surface area contributed by atoms with E-state index in [1.54, 1.807) is 0 Å². The molecule has 0 aromatic rings. The summed E-state index contributed by atoms with van der Waals surface area (Å²) in [5.41, 5.74) is 0. The number of rotatable bonds is 16. The van der Waals surface area contributed by atoms with Crippen molar-refractivity contribution >= 4 is 11.9 Å². The number of amides is 1. The minimum Gasteiger partial charge on any atom is -0.356 e. The van der Waals surface area contributed by atoms with Crippen LogP contribution in [0.2, 0.25) is 0 Å². The molecule has 0 aromatic heterocycles. The maximum Gasteiger partial charge on any atom is 0.342 e. The Bertz CT molecular complexity index is 295. The van der Waals surface area contributed by atoms with Crippen LogP contribution >= 0.6 is 0 Å². The van der Waals surface area contributed by atoms with Crippen molar-refractivity contribution in [3.63, 3.8) is 0 Å². The van der Waals surface area contributed by atoms with Gasteiger partial charge in [-0.15, -0.1) is 0 Å². The smallest absolute Gasteiger partial charge is 0.342 e. The topological polar surface area (TPSA) is 75.6 Å². The standard InChI is InChI=1S/C18H35NO4/c1-2-3-4-5-6-7-8-9-11-14-17(20)19-16-13-10-12-15-18(21)23-22/h22H,2-16H2,1H3,(H,19,20). The molecule has 0 rings (SSSR count). The summed E-state index contributed by atoms with van der Waals surface area (Å²) < 4.78 is 0. The lowest BCUT2D eigenvalue weighted by molar-refractivity contribution is -0.234. The van der Waals surface area contributed by atoms with Crippen LogP contribution in [0.15, 0.2) is 0 Å². The van der Waals surface area contributed by atoms with Gasteiger partial charge in [-0.3, -0.25) is 4.79 Å². The van der Waals surface area contributed by atoms with Crippen molar-refractivity contribution < 1.29 is 19.7 Å². The van der Waals surface area contributed by atoms with Gasteiger partial charge in [0.2, 0.25) is 5.91 Å². The van der Waals surface area contributed by atoms with Gasteiger partial charge in [0, 0.05) is 19.4 Å². The third-order valence-electron chi connectivity index (χ3n) is 3.99. The Morgan fingerprint density at radius 3 is 1.91 bits per heavy atom. The van der Waals surface area contributed by atoms with Gasteiger partial charge >= 0.3 is 5.97 Å². The van der Waals surface area contributed by atoms with E-state index >= 15 is 0 Å². The van der Waals surface area contributed by atoms with E-state index in [0.29, 0.717) is 19.4 Å². The number of unbranched alkanes of at least 4 members (excludes halogenated alkanes) is 10. The summed E-state index contributed by atoms with van der Waals surface area (Å²) in [6, 6.07) is 0. The normalized spacial score (nSPS) is 10.5. The molecule has 0 radical (unpaired) electrons. The largest absolute Gasteiger partial charge is 0.356 e. The molecule has 23 heavy (non-hydrogen) atoms. The summed E-state index contributed by atoms with van der Waals surface area (Å²) in [5, 5.41) is 11.0. The van der Waals surface area contributed by atoms with Gasteiger partial charge in [0.1, 0.15) is 0 Å². The van der Waals surface area contributed by atoms with E-state index in [9.17, 15) is 9.59 Å². The van der Waals surface area contributed by atoms with E-state index in [1.807, 2.05) is 0 Å². The molecule has 5 nitrogen and oxygen atoms in total. The summed E-state index contributed by atoms with van der Waals surface area (Å²) in [7, 11) is 0. The summed E-state index contributed by atoms with van der Waals surface area (Å²) in [6.45, 7) is 2.89. The lowest BCUT2D eigenvalue weighted by atomic mass is 10.1. The molecule has 0 heterocycles. The fraction of sp³-hybridized carbons (Fsp3) is 0.889. The van der Waals surface area contributed by atoms with E-state index in [1.165, 1.54) is 44.9 Å². The maximum absolute atomic E-state index is 11.6. The van der Waals surface area contributed by atoms with Crippen molar-refractivity contribution in [2.75, 3.05) is 6.54 Å². The zero-order valence-electron chi connectivity index (χ0n) is 14.8. The minimum absolute atomic E-state index is 0.128. The first-order chi connectivity index (χ1) is 11.2. The van der Waals surface area contributed by atoms with Gasteiger partial charge in [-0.1, -0.05) is 64.7 Å². The van der Waals surface area contributed by atoms with Crippen LogP contribution in [0.3, 0.4) is 0 Å². The molecule has 0 aliphatic rings.